The van der Waals surface area contributed by atoms with Gasteiger partial charge in [-0.05, 0) is 41.1 Å². The van der Waals surface area contributed by atoms with E-state index in [2.05, 4.69) is 27.2 Å². The van der Waals surface area contributed by atoms with Crippen LogP contribution in [-0.2, 0) is 0 Å². The number of carbonyl (C=O) groups excluding carboxylic acids is 1. The molecule has 1 atom stereocenters. The first-order chi connectivity index (χ1) is 7.54. The molecule has 0 aliphatic heterocycles. The molecule has 1 unspecified atom stereocenters. The van der Waals surface area contributed by atoms with E-state index in [1.807, 2.05) is 6.92 Å². The fourth-order valence-electron chi connectivity index (χ4n) is 1.22. The van der Waals surface area contributed by atoms with Gasteiger partial charge < -0.3 is 11.1 Å². The molecule has 0 saturated heterocycles. The van der Waals surface area contributed by atoms with Crippen molar-refractivity contribution in [3.8, 4) is 12.3 Å². The highest BCUT2D eigenvalue weighted by molar-refractivity contribution is 9.10. The molecule has 4 heteroatoms. The first-order valence-corrected chi connectivity index (χ1v) is 5.63. The molecular formula is C12H13BrN2O. The molecule has 0 fully saturated rings. The van der Waals surface area contributed by atoms with Crippen molar-refractivity contribution in [2.24, 2.45) is 0 Å². The minimum atomic E-state index is -0.165. The lowest BCUT2D eigenvalue weighted by atomic mass is 10.1. The van der Waals surface area contributed by atoms with Crippen molar-refractivity contribution in [1.29, 1.82) is 0 Å². The summed E-state index contributed by atoms with van der Waals surface area (Å²) in [4.78, 5) is 11.7. The number of halogens is 1. The third kappa shape index (κ3) is 3.28. The van der Waals surface area contributed by atoms with E-state index in [0.717, 1.165) is 4.47 Å². The molecule has 16 heavy (non-hydrogen) atoms. The van der Waals surface area contributed by atoms with Gasteiger partial charge in [0.1, 0.15) is 0 Å². The van der Waals surface area contributed by atoms with E-state index in [1.54, 1.807) is 18.2 Å². The molecule has 0 bridgehead atoms. The summed E-state index contributed by atoms with van der Waals surface area (Å²) >= 11 is 3.27. The van der Waals surface area contributed by atoms with Gasteiger partial charge in [0.25, 0.3) is 5.91 Å². The maximum absolute atomic E-state index is 11.7. The lowest BCUT2D eigenvalue weighted by Crippen LogP contribution is -2.32. The zero-order valence-corrected chi connectivity index (χ0v) is 10.5. The molecule has 1 aromatic carbocycles. The largest absolute Gasteiger partial charge is 0.398 e. The smallest absolute Gasteiger partial charge is 0.251 e. The Hall–Kier alpha value is -1.47. The molecule has 0 aromatic heterocycles. The molecule has 1 aromatic rings. The molecule has 0 spiro atoms. The van der Waals surface area contributed by atoms with Gasteiger partial charge in [0.05, 0.1) is 0 Å². The number of nitrogens with two attached hydrogens (primary N) is 1. The Balaban J connectivity index is 2.74. The Morgan fingerprint density at radius 1 is 1.69 bits per heavy atom. The molecule has 0 saturated carbocycles. The van der Waals surface area contributed by atoms with E-state index in [9.17, 15) is 4.79 Å². The van der Waals surface area contributed by atoms with Crippen LogP contribution in [0.25, 0.3) is 0 Å². The topological polar surface area (TPSA) is 55.1 Å². The van der Waals surface area contributed by atoms with Gasteiger partial charge >= 0.3 is 0 Å². The maximum Gasteiger partial charge on any atom is 0.251 e. The summed E-state index contributed by atoms with van der Waals surface area (Å²) in [6, 6.07) is 5.04. The molecule has 0 aliphatic carbocycles. The van der Waals surface area contributed by atoms with Crippen LogP contribution in [0, 0.1) is 12.3 Å². The van der Waals surface area contributed by atoms with Crippen molar-refractivity contribution >= 4 is 27.5 Å². The molecule has 0 aliphatic rings. The number of nitrogens with one attached hydrogen (secondary N) is 1. The van der Waals surface area contributed by atoms with Crippen LogP contribution in [-0.4, -0.2) is 11.9 Å². The van der Waals surface area contributed by atoms with Crippen molar-refractivity contribution in [1.82, 2.24) is 5.32 Å². The minimum Gasteiger partial charge on any atom is -0.398 e. The van der Waals surface area contributed by atoms with Crippen molar-refractivity contribution < 1.29 is 4.79 Å². The second kappa shape index (κ2) is 5.57. The number of benzene rings is 1. The monoisotopic (exact) mass is 280 g/mol. The highest BCUT2D eigenvalue weighted by atomic mass is 79.9. The molecule has 1 rings (SSSR count). The predicted molar refractivity (Wildman–Crippen MR) is 68.9 cm³/mol. The third-order valence-electron chi connectivity index (χ3n) is 2.06. The number of nitrogen functional groups attached to an aromatic ring is 1. The van der Waals surface area contributed by atoms with Gasteiger partial charge in [-0.3, -0.25) is 4.79 Å². The number of hydrogen-bond donors (Lipinski definition) is 2. The molecule has 3 N–H and O–H groups in total. The lowest BCUT2D eigenvalue weighted by molar-refractivity contribution is 0.0941. The fourth-order valence-corrected chi connectivity index (χ4v) is 1.47. The Kier molecular flexibility index (Phi) is 4.39. The number of terminal acetylenes is 1. The summed E-state index contributed by atoms with van der Waals surface area (Å²) in [7, 11) is 0. The van der Waals surface area contributed by atoms with Crippen molar-refractivity contribution in [2.75, 3.05) is 5.73 Å². The third-order valence-corrected chi connectivity index (χ3v) is 2.78. The van der Waals surface area contributed by atoms with E-state index in [0.29, 0.717) is 17.7 Å². The number of hydrogen-bond acceptors (Lipinski definition) is 2. The first-order valence-electron chi connectivity index (χ1n) is 4.84. The Labute approximate surface area is 104 Å². The predicted octanol–water partition coefficient (Wildman–Crippen LogP) is 2.17. The van der Waals surface area contributed by atoms with Crippen LogP contribution in [0.4, 0.5) is 5.69 Å². The minimum absolute atomic E-state index is 0.0395. The summed E-state index contributed by atoms with van der Waals surface area (Å²) in [6.07, 6.45) is 5.67. The summed E-state index contributed by atoms with van der Waals surface area (Å²) in [5.41, 5.74) is 6.76. The SMILES string of the molecule is C#CCC(C)NC(=O)c1ccc(Br)c(N)c1. The van der Waals surface area contributed by atoms with Crippen molar-refractivity contribution in [3.05, 3.63) is 28.2 Å². The average molecular weight is 281 g/mol. The lowest BCUT2D eigenvalue weighted by Gasteiger charge is -2.11. The zero-order valence-electron chi connectivity index (χ0n) is 8.96. The van der Waals surface area contributed by atoms with Crippen molar-refractivity contribution in [2.45, 2.75) is 19.4 Å². The van der Waals surface area contributed by atoms with Gasteiger partial charge in [-0.2, -0.15) is 0 Å². The zero-order chi connectivity index (χ0) is 12.1. The Bertz CT molecular complexity index is 437. The van der Waals surface area contributed by atoms with E-state index in [1.165, 1.54) is 0 Å². The summed E-state index contributed by atoms with van der Waals surface area (Å²) in [5.74, 6) is 2.33. The number of rotatable bonds is 3. The van der Waals surface area contributed by atoms with Gasteiger partial charge in [-0.25, -0.2) is 0 Å². The second-order valence-electron chi connectivity index (χ2n) is 3.52. The molecule has 3 nitrogen and oxygen atoms in total. The number of carbonyl (C=O) groups is 1. The van der Waals surface area contributed by atoms with Crippen LogP contribution in [0.3, 0.4) is 0 Å². The Morgan fingerprint density at radius 3 is 2.94 bits per heavy atom. The van der Waals surface area contributed by atoms with Gasteiger partial charge in [0.2, 0.25) is 0 Å². The second-order valence-corrected chi connectivity index (χ2v) is 4.37. The quantitative estimate of drug-likeness (QED) is 0.659. The first kappa shape index (κ1) is 12.6. The van der Waals surface area contributed by atoms with Crippen LogP contribution >= 0.6 is 15.9 Å². The summed E-state index contributed by atoms with van der Waals surface area (Å²) in [5, 5.41) is 2.79. The highest BCUT2D eigenvalue weighted by Crippen LogP contribution is 2.20. The molecule has 84 valence electrons. The molecule has 0 radical (unpaired) electrons. The van der Waals surface area contributed by atoms with E-state index < -0.39 is 0 Å². The fraction of sp³-hybridized carbons (Fsp3) is 0.250. The number of anilines is 1. The van der Waals surface area contributed by atoms with Crippen LogP contribution < -0.4 is 11.1 Å². The number of amides is 1. The summed E-state index contributed by atoms with van der Waals surface area (Å²) < 4.78 is 0.778. The molecule has 0 heterocycles. The van der Waals surface area contributed by atoms with E-state index in [-0.39, 0.29) is 11.9 Å². The average Bonchev–Trinajstić information content (AvgIpc) is 2.22. The van der Waals surface area contributed by atoms with Gasteiger partial charge in [-0.1, -0.05) is 0 Å². The van der Waals surface area contributed by atoms with Crippen LogP contribution in [0.2, 0.25) is 0 Å². The van der Waals surface area contributed by atoms with Gasteiger partial charge in [0.15, 0.2) is 0 Å². The summed E-state index contributed by atoms with van der Waals surface area (Å²) in [6.45, 7) is 1.86. The van der Waals surface area contributed by atoms with E-state index in [4.69, 9.17) is 12.2 Å². The van der Waals surface area contributed by atoms with Crippen LogP contribution in [0.1, 0.15) is 23.7 Å². The van der Waals surface area contributed by atoms with Crippen LogP contribution in [0.15, 0.2) is 22.7 Å². The van der Waals surface area contributed by atoms with Gasteiger partial charge in [0, 0.05) is 28.2 Å². The highest BCUT2D eigenvalue weighted by Gasteiger charge is 2.09. The molecule has 1 amide bonds. The maximum atomic E-state index is 11.7. The van der Waals surface area contributed by atoms with E-state index >= 15 is 0 Å². The standard InChI is InChI=1S/C12H13BrN2O/c1-3-4-8(2)15-12(16)9-5-6-10(13)11(14)7-9/h1,5-8H,4,14H2,2H3,(H,15,16). The van der Waals surface area contributed by atoms with Crippen molar-refractivity contribution in [3.63, 3.8) is 0 Å². The molecular weight excluding hydrogens is 268 g/mol. The van der Waals surface area contributed by atoms with Crippen LogP contribution in [0.5, 0.6) is 0 Å². The van der Waals surface area contributed by atoms with Gasteiger partial charge in [-0.15, -0.1) is 12.3 Å². The Morgan fingerprint density at radius 2 is 2.38 bits per heavy atom. The normalized spacial score (nSPS) is 11.6.